The third-order valence-corrected chi connectivity index (χ3v) is 4.74. The summed E-state index contributed by atoms with van der Waals surface area (Å²) in [5, 5.41) is 3.37. The third-order valence-electron chi connectivity index (χ3n) is 4.51. The Morgan fingerprint density at radius 1 is 1.00 bits per heavy atom. The van der Waals surface area contributed by atoms with Crippen molar-refractivity contribution in [1.29, 1.82) is 0 Å². The number of halogens is 1. The van der Waals surface area contributed by atoms with Gasteiger partial charge in [0.05, 0.1) is 18.8 Å². The van der Waals surface area contributed by atoms with Crippen molar-refractivity contribution in [2.45, 2.75) is 19.3 Å². The van der Waals surface area contributed by atoms with E-state index in [0.717, 1.165) is 13.1 Å². The maximum Gasteiger partial charge on any atom is 0.279 e. The summed E-state index contributed by atoms with van der Waals surface area (Å²) < 4.78 is 0. The molecule has 0 aliphatic carbocycles. The quantitative estimate of drug-likeness (QED) is 0.808. The second kappa shape index (κ2) is 8.28. The maximum atomic E-state index is 12.8. The van der Waals surface area contributed by atoms with Gasteiger partial charge in [-0.2, -0.15) is 0 Å². The van der Waals surface area contributed by atoms with Crippen molar-refractivity contribution in [1.82, 2.24) is 0 Å². The highest BCUT2D eigenvalue weighted by atomic mass is 35.5. The van der Waals surface area contributed by atoms with Crippen LogP contribution in [0.2, 0.25) is 5.02 Å². The van der Waals surface area contributed by atoms with Crippen LogP contribution in [0.1, 0.15) is 35.2 Å². The molecular formula is C20H22ClN2O2+. The number of benzene rings is 2. The molecule has 3 rings (SSSR count). The molecule has 130 valence electrons. The van der Waals surface area contributed by atoms with Crippen LogP contribution < -0.4 is 10.2 Å². The van der Waals surface area contributed by atoms with Crippen molar-refractivity contribution in [2.75, 3.05) is 25.0 Å². The van der Waals surface area contributed by atoms with Gasteiger partial charge in [0.1, 0.15) is 0 Å². The van der Waals surface area contributed by atoms with Gasteiger partial charge in [-0.15, -0.1) is 0 Å². The van der Waals surface area contributed by atoms with Gasteiger partial charge < -0.3 is 10.2 Å². The predicted octanol–water partition coefficient (Wildman–Crippen LogP) is 2.58. The number of carbonyl (C=O) groups excluding carboxylic acids is 2. The molecule has 2 aromatic rings. The van der Waals surface area contributed by atoms with Crippen LogP contribution in [0.4, 0.5) is 5.69 Å². The molecule has 2 aromatic carbocycles. The molecular weight excluding hydrogens is 336 g/mol. The van der Waals surface area contributed by atoms with Crippen LogP contribution in [-0.2, 0) is 4.79 Å². The molecule has 1 aliphatic heterocycles. The molecule has 1 fully saturated rings. The summed E-state index contributed by atoms with van der Waals surface area (Å²) in [4.78, 5) is 26.5. The number of anilines is 1. The predicted molar refractivity (Wildman–Crippen MR) is 99.4 cm³/mol. The molecule has 0 bridgehead atoms. The lowest BCUT2D eigenvalue weighted by atomic mass is 10.0. The summed E-state index contributed by atoms with van der Waals surface area (Å²) >= 11 is 6.07. The third kappa shape index (κ3) is 4.68. The molecule has 0 radical (unpaired) electrons. The first-order valence-corrected chi connectivity index (χ1v) is 9.04. The number of nitrogens with one attached hydrogen (secondary N) is 2. The zero-order chi connectivity index (χ0) is 17.6. The van der Waals surface area contributed by atoms with Crippen molar-refractivity contribution in [3.63, 3.8) is 0 Å². The Bertz CT molecular complexity index is 756. The number of quaternary nitrogens is 1. The van der Waals surface area contributed by atoms with E-state index in [1.165, 1.54) is 24.2 Å². The van der Waals surface area contributed by atoms with Gasteiger partial charge in [0.25, 0.3) is 5.91 Å². The Balaban J connectivity index is 1.77. The fourth-order valence-electron chi connectivity index (χ4n) is 3.21. The maximum absolute atomic E-state index is 12.8. The monoisotopic (exact) mass is 357 g/mol. The second-order valence-corrected chi connectivity index (χ2v) is 6.86. The van der Waals surface area contributed by atoms with Crippen LogP contribution in [0.3, 0.4) is 0 Å². The summed E-state index contributed by atoms with van der Waals surface area (Å²) in [6.45, 7) is 2.50. The van der Waals surface area contributed by atoms with E-state index in [1.54, 1.807) is 30.3 Å². The Kier molecular flexibility index (Phi) is 5.84. The number of hydrogen-bond donors (Lipinski definition) is 2. The van der Waals surface area contributed by atoms with Crippen molar-refractivity contribution >= 4 is 29.0 Å². The van der Waals surface area contributed by atoms with Gasteiger partial charge >= 0.3 is 0 Å². The minimum absolute atomic E-state index is 0.0682. The van der Waals surface area contributed by atoms with Gasteiger partial charge in [0.2, 0.25) is 0 Å². The summed E-state index contributed by atoms with van der Waals surface area (Å²) in [6, 6.07) is 14.0. The van der Waals surface area contributed by atoms with Gasteiger partial charge in [0, 0.05) is 16.1 Å². The molecule has 2 N–H and O–H groups in total. The highest BCUT2D eigenvalue weighted by molar-refractivity contribution is 6.31. The van der Waals surface area contributed by atoms with E-state index < -0.39 is 0 Å². The van der Waals surface area contributed by atoms with E-state index in [9.17, 15) is 9.59 Å². The van der Waals surface area contributed by atoms with E-state index in [0.29, 0.717) is 28.4 Å². The SMILES string of the molecule is O=C(C[NH+]1CCCCC1)Nc1ccc(Cl)cc1C(=O)c1ccccc1. The minimum Gasteiger partial charge on any atom is -0.327 e. The number of rotatable bonds is 5. The van der Waals surface area contributed by atoms with Crippen LogP contribution in [0.15, 0.2) is 48.5 Å². The molecule has 0 saturated carbocycles. The van der Waals surface area contributed by atoms with Gasteiger partial charge in [-0.05, 0) is 37.5 Å². The van der Waals surface area contributed by atoms with Crippen LogP contribution >= 0.6 is 11.6 Å². The van der Waals surface area contributed by atoms with Crippen molar-refractivity contribution < 1.29 is 14.5 Å². The molecule has 25 heavy (non-hydrogen) atoms. The van der Waals surface area contributed by atoms with E-state index >= 15 is 0 Å². The van der Waals surface area contributed by atoms with Crippen molar-refractivity contribution in [3.05, 3.63) is 64.7 Å². The Morgan fingerprint density at radius 2 is 1.72 bits per heavy atom. The largest absolute Gasteiger partial charge is 0.327 e. The lowest BCUT2D eigenvalue weighted by molar-refractivity contribution is -0.896. The molecule has 1 aliphatic rings. The smallest absolute Gasteiger partial charge is 0.279 e. The fourth-order valence-corrected chi connectivity index (χ4v) is 3.38. The molecule has 0 atom stereocenters. The Morgan fingerprint density at radius 3 is 2.44 bits per heavy atom. The average molecular weight is 358 g/mol. The first-order chi connectivity index (χ1) is 12.1. The highest BCUT2D eigenvalue weighted by Gasteiger charge is 2.20. The number of carbonyl (C=O) groups is 2. The van der Waals surface area contributed by atoms with Crippen LogP contribution in [0.25, 0.3) is 0 Å². The van der Waals surface area contributed by atoms with Gasteiger partial charge in [-0.1, -0.05) is 41.9 Å². The first kappa shape index (κ1) is 17.6. The van der Waals surface area contributed by atoms with Gasteiger partial charge in [0.15, 0.2) is 12.3 Å². The first-order valence-electron chi connectivity index (χ1n) is 8.66. The lowest BCUT2D eigenvalue weighted by Crippen LogP contribution is -3.13. The Hall–Kier alpha value is -2.17. The zero-order valence-corrected chi connectivity index (χ0v) is 14.8. The number of ketones is 1. The molecule has 0 spiro atoms. The van der Waals surface area contributed by atoms with E-state index in [2.05, 4.69) is 5.32 Å². The molecule has 5 heteroatoms. The van der Waals surface area contributed by atoms with Crippen LogP contribution in [0, 0.1) is 0 Å². The number of hydrogen-bond acceptors (Lipinski definition) is 2. The van der Waals surface area contributed by atoms with Crippen molar-refractivity contribution in [3.8, 4) is 0 Å². The van der Waals surface area contributed by atoms with Gasteiger partial charge in [-0.3, -0.25) is 9.59 Å². The van der Waals surface area contributed by atoms with E-state index in [4.69, 9.17) is 11.6 Å². The lowest BCUT2D eigenvalue weighted by Gasteiger charge is -2.23. The normalized spacial score (nSPS) is 14.9. The molecule has 1 saturated heterocycles. The number of amides is 1. The van der Waals surface area contributed by atoms with E-state index in [1.807, 2.05) is 18.2 Å². The Labute approximate surface area is 152 Å². The summed E-state index contributed by atoms with van der Waals surface area (Å²) in [5.41, 5.74) is 1.50. The number of likely N-dealkylation sites (tertiary alicyclic amines) is 1. The molecule has 0 aromatic heterocycles. The van der Waals surface area contributed by atoms with E-state index in [-0.39, 0.29) is 11.7 Å². The summed E-state index contributed by atoms with van der Waals surface area (Å²) in [7, 11) is 0. The molecule has 0 unspecified atom stereocenters. The minimum atomic E-state index is -0.149. The van der Waals surface area contributed by atoms with Crippen LogP contribution in [0.5, 0.6) is 0 Å². The molecule has 4 nitrogen and oxygen atoms in total. The van der Waals surface area contributed by atoms with Gasteiger partial charge in [-0.25, -0.2) is 0 Å². The number of piperidine rings is 1. The summed E-state index contributed by atoms with van der Waals surface area (Å²) in [5.74, 6) is -0.218. The summed E-state index contributed by atoms with van der Waals surface area (Å²) in [6.07, 6.45) is 3.58. The zero-order valence-electron chi connectivity index (χ0n) is 14.1. The van der Waals surface area contributed by atoms with Crippen molar-refractivity contribution in [2.24, 2.45) is 0 Å². The second-order valence-electron chi connectivity index (χ2n) is 6.42. The topological polar surface area (TPSA) is 50.6 Å². The highest BCUT2D eigenvalue weighted by Crippen LogP contribution is 2.23. The molecule has 1 heterocycles. The van der Waals surface area contributed by atoms with Crippen LogP contribution in [-0.4, -0.2) is 31.3 Å². The molecule has 1 amide bonds. The average Bonchev–Trinajstić information content (AvgIpc) is 2.64. The standard InChI is InChI=1S/C20H21ClN2O2/c21-16-9-10-18(22-19(24)14-23-11-5-2-6-12-23)17(13-16)20(25)15-7-3-1-4-8-15/h1,3-4,7-10,13H,2,5-6,11-12,14H2,(H,22,24)/p+1. The fraction of sp³-hybridized carbons (Fsp3) is 0.300.